The molecule has 0 amide bonds. The minimum atomic E-state index is -0.821. The highest BCUT2D eigenvalue weighted by Crippen LogP contribution is 2.45. The van der Waals surface area contributed by atoms with Crippen LogP contribution in [-0.2, 0) is 19.1 Å². The average molecular weight is 395 g/mol. The molecule has 0 aromatic rings. The zero-order valence-corrected chi connectivity index (χ0v) is 17.6. The Morgan fingerprint density at radius 2 is 1.93 bits per heavy atom. The Morgan fingerprint density at radius 3 is 2.54 bits per heavy atom. The Morgan fingerprint density at radius 1 is 1.25 bits per heavy atom. The minimum Gasteiger partial charge on any atom is -0.481 e. The normalized spacial score (nSPS) is 35.5. The summed E-state index contributed by atoms with van der Waals surface area (Å²) in [7, 11) is 0. The summed E-state index contributed by atoms with van der Waals surface area (Å²) in [4.78, 5) is 22.1. The van der Waals surface area contributed by atoms with Gasteiger partial charge < -0.3 is 19.7 Å². The van der Waals surface area contributed by atoms with Crippen molar-refractivity contribution >= 4 is 11.9 Å². The van der Waals surface area contributed by atoms with Gasteiger partial charge in [0.2, 0.25) is 0 Å². The summed E-state index contributed by atoms with van der Waals surface area (Å²) in [6.45, 7) is 9.92. The molecule has 2 saturated heterocycles. The highest BCUT2D eigenvalue weighted by molar-refractivity contribution is 5.71. The van der Waals surface area contributed by atoms with Crippen molar-refractivity contribution in [3.63, 3.8) is 0 Å². The molecule has 2 rings (SSSR count). The number of rotatable bonds is 9. The summed E-state index contributed by atoms with van der Waals surface area (Å²) < 4.78 is 11.7. The Labute approximate surface area is 167 Å². The van der Waals surface area contributed by atoms with Crippen molar-refractivity contribution in [3.05, 3.63) is 23.8 Å². The maximum Gasteiger partial charge on any atom is 0.308 e. The number of allylic oxidation sites excluding steroid dienone is 3. The minimum absolute atomic E-state index is 0.0527. The summed E-state index contributed by atoms with van der Waals surface area (Å²) in [5, 5.41) is 18.1. The van der Waals surface area contributed by atoms with Gasteiger partial charge in [0.15, 0.2) is 0 Å². The zero-order valence-electron chi connectivity index (χ0n) is 17.6. The molecule has 2 fully saturated rings. The number of ether oxygens (including phenoxy) is 2. The van der Waals surface area contributed by atoms with Gasteiger partial charge in [-0.3, -0.25) is 9.59 Å². The van der Waals surface area contributed by atoms with Gasteiger partial charge in [-0.25, -0.2) is 0 Å². The van der Waals surface area contributed by atoms with Gasteiger partial charge in [0, 0.05) is 0 Å². The van der Waals surface area contributed by atoms with Crippen LogP contribution in [0.15, 0.2) is 23.8 Å². The Balaban J connectivity index is 1.88. The van der Waals surface area contributed by atoms with Gasteiger partial charge in [-0.15, -0.1) is 0 Å². The second-order valence-corrected chi connectivity index (χ2v) is 8.79. The third-order valence-corrected chi connectivity index (χ3v) is 5.96. The molecule has 6 nitrogen and oxygen atoms in total. The van der Waals surface area contributed by atoms with E-state index in [1.54, 1.807) is 6.92 Å². The van der Waals surface area contributed by atoms with Gasteiger partial charge in [-0.05, 0) is 57.4 Å². The first kappa shape index (κ1) is 22.6. The number of carbonyl (C=O) groups is 2. The van der Waals surface area contributed by atoms with Gasteiger partial charge in [0.05, 0.1) is 30.1 Å². The lowest BCUT2D eigenvalue weighted by Gasteiger charge is -2.35. The molecule has 2 heterocycles. The van der Waals surface area contributed by atoms with E-state index < -0.39 is 17.9 Å². The zero-order chi connectivity index (χ0) is 21.1. The van der Waals surface area contributed by atoms with Crippen molar-refractivity contribution in [2.45, 2.75) is 84.2 Å². The van der Waals surface area contributed by atoms with Gasteiger partial charge in [0.25, 0.3) is 0 Å². The van der Waals surface area contributed by atoms with Crippen molar-refractivity contribution in [1.29, 1.82) is 0 Å². The molecule has 0 spiro atoms. The molecule has 0 aromatic carbocycles. The molecule has 0 radical (unpaired) electrons. The lowest BCUT2D eigenvalue weighted by molar-refractivity contribution is -0.144. The number of aliphatic carboxylic acids is 2. The first-order chi connectivity index (χ1) is 13.0. The predicted molar refractivity (Wildman–Crippen MR) is 106 cm³/mol. The van der Waals surface area contributed by atoms with Crippen LogP contribution in [0.3, 0.4) is 0 Å². The molecule has 6 heteroatoms. The summed E-state index contributed by atoms with van der Waals surface area (Å²) in [5.74, 6) is -1.51. The summed E-state index contributed by atoms with van der Waals surface area (Å²) >= 11 is 0. The monoisotopic (exact) mass is 394 g/mol. The first-order valence-corrected chi connectivity index (χ1v) is 10.2. The Kier molecular flexibility index (Phi) is 7.46. The summed E-state index contributed by atoms with van der Waals surface area (Å²) in [5.41, 5.74) is 0.725. The smallest absolute Gasteiger partial charge is 0.308 e. The van der Waals surface area contributed by atoms with Crippen LogP contribution in [0, 0.1) is 17.8 Å². The molecule has 0 bridgehead atoms. The van der Waals surface area contributed by atoms with Crippen LogP contribution in [0.25, 0.3) is 0 Å². The lowest BCUT2D eigenvalue weighted by Crippen LogP contribution is -2.35. The van der Waals surface area contributed by atoms with Crippen molar-refractivity contribution in [2.75, 3.05) is 0 Å². The van der Waals surface area contributed by atoms with Gasteiger partial charge >= 0.3 is 11.9 Å². The highest BCUT2D eigenvalue weighted by Gasteiger charge is 2.56. The summed E-state index contributed by atoms with van der Waals surface area (Å²) in [6, 6.07) is 0. The van der Waals surface area contributed by atoms with E-state index in [4.69, 9.17) is 19.7 Å². The van der Waals surface area contributed by atoms with E-state index in [2.05, 4.69) is 19.9 Å². The fourth-order valence-corrected chi connectivity index (χ4v) is 4.29. The van der Waals surface area contributed by atoms with Gasteiger partial charge in [-0.2, -0.15) is 0 Å². The van der Waals surface area contributed by atoms with E-state index in [1.165, 1.54) is 0 Å². The van der Waals surface area contributed by atoms with Crippen LogP contribution in [0.1, 0.15) is 60.3 Å². The topological polar surface area (TPSA) is 96.4 Å². The lowest BCUT2D eigenvalue weighted by atomic mass is 9.88. The van der Waals surface area contributed by atoms with E-state index in [1.807, 2.05) is 26.0 Å². The molecule has 0 aromatic heterocycles. The van der Waals surface area contributed by atoms with E-state index in [0.29, 0.717) is 5.92 Å². The quantitative estimate of drug-likeness (QED) is 0.452. The molecule has 2 aliphatic heterocycles. The van der Waals surface area contributed by atoms with E-state index in [0.717, 1.165) is 24.8 Å². The molecule has 2 N–H and O–H groups in total. The van der Waals surface area contributed by atoms with Crippen LogP contribution in [0.5, 0.6) is 0 Å². The van der Waals surface area contributed by atoms with Crippen molar-refractivity contribution in [2.24, 2.45) is 17.8 Å². The standard InChI is InChI=1S/C22H34O6/c1-13(12-22(5)20(28-22)16(4)21(25)26)7-6-8-14(2)19-15(3)9-10-17(27-19)11-18(23)24/h6-8,13,15-17,19-20H,9-12H2,1-5H3,(H,23,24)(H,25,26)/b7-6+,14-8+/t13?,15-,16?,17+,19+,20+,22+/m0/s1. The molecule has 0 aliphatic carbocycles. The van der Waals surface area contributed by atoms with Gasteiger partial charge in [0.1, 0.15) is 6.10 Å². The summed E-state index contributed by atoms with van der Waals surface area (Å²) in [6.07, 6.45) is 8.24. The van der Waals surface area contributed by atoms with Crippen LogP contribution >= 0.6 is 0 Å². The van der Waals surface area contributed by atoms with Crippen LogP contribution < -0.4 is 0 Å². The molecular weight excluding hydrogens is 360 g/mol. The Hall–Kier alpha value is -1.66. The van der Waals surface area contributed by atoms with Gasteiger partial charge in [-0.1, -0.05) is 32.1 Å². The van der Waals surface area contributed by atoms with Crippen LogP contribution in [0.2, 0.25) is 0 Å². The second-order valence-electron chi connectivity index (χ2n) is 8.79. The second kappa shape index (κ2) is 9.23. The number of carboxylic acids is 2. The number of epoxide rings is 1. The first-order valence-electron chi connectivity index (χ1n) is 10.2. The molecule has 2 unspecified atom stereocenters. The third-order valence-electron chi connectivity index (χ3n) is 5.96. The van der Waals surface area contributed by atoms with Crippen LogP contribution in [0.4, 0.5) is 0 Å². The maximum absolute atomic E-state index is 11.1. The van der Waals surface area contributed by atoms with Crippen molar-refractivity contribution in [1.82, 2.24) is 0 Å². The number of hydrogen-bond donors (Lipinski definition) is 2. The van der Waals surface area contributed by atoms with Crippen LogP contribution in [-0.4, -0.2) is 46.1 Å². The Bertz CT molecular complexity index is 639. The number of carboxylic acid groups (broad SMARTS) is 2. The molecular formula is C22H34O6. The molecule has 7 atom stereocenters. The highest BCUT2D eigenvalue weighted by atomic mass is 16.6. The third kappa shape index (κ3) is 5.92. The fraction of sp³-hybridized carbons (Fsp3) is 0.727. The number of hydrogen-bond acceptors (Lipinski definition) is 4. The molecule has 28 heavy (non-hydrogen) atoms. The molecule has 0 saturated carbocycles. The maximum atomic E-state index is 11.1. The van der Waals surface area contributed by atoms with Crippen molar-refractivity contribution in [3.8, 4) is 0 Å². The van der Waals surface area contributed by atoms with E-state index >= 15 is 0 Å². The molecule has 2 aliphatic rings. The molecule has 158 valence electrons. The van der Waals surface area contributed by atoms with E-state index in [9.17, 15) is 9.59 Å². The average Bonchev–Trinajstić information content (AvgIpc) is 3.25. The van der Waals surface area contributed by atoms with Crippen molar-refractivity contribution < 1.29 is 29.3 Å². The SMILES string of the molecule is C/C(=C\C=C\C(C)C[C@@]1(C)O[C@@H]1C(C)C(=O)O)[C@H]1O[C@@H](CC(=O)O)CC[C@@H]1C. The predicted octanol–water partition coefficient (Wildman–Crippen LogP) is 4.05. The largest absolute Gasteiger partial charge is 0.481 e. The van der Waals surface area contributed by atoms with E-state index in [-0.39, 0.29) is 36.3 Å². The fourth-order valence-electron chi connectivity index (χ4n) is 4.29.